The number of carbonyl (C=O) groups excluding carboxylic acids is 2. The maximum Gasteiger partial charge on any atom is 0.324 e. The third-order valence-corrected chi connectivity index (χ3v) is 3.07. The van der Waals surface area contributed by atoms with Crippen molar-refractivity contribution in [3.8, 4) is 0 Å². The van der Waals surface area contributed by atoms with E-state index in [-0.39, 0.29) is 18.4 Å². The standard InChI is InChI=1S/C11H20N2O3/c1-7-3-4-8(5-7)10(14)13-6-9(12)11(15)16-2/h7-9H,3-6,12H2,1-2H3,(H,13,14). The molecule has 3 atom stereocenters. The molecule has 0 aromatic rings. The Morgan fingerprint density at radius 1 is 1.50 bits per heavy atom. The number of methoxy groups -OCH3 is 1. The van der Waals surface area contributed by atoms with Gasteiger partial charge in [0.1, 0.15) is 6.04 Å². The van der Waals surface area contributed by atoms with Gasteiger partial charge in [-0.15, -0.1) is 0 Å². The normalized spacial score (nSPS) is 26.2. The molecule has 1 rings (SSSR count). The zero-order valence-corrected chi connectivity index (χ0v) is 9.86. The fraction of sp³-hybridized carbons (Fsp3) is 0.818. The van der Waals surface area contributed by atoms with Crippen molar-refractivity contribution < 1.29 is 14.3 Å². The molecule has 3 unspecified atom stereocenters. The Morgan fingerprint density at radius 3 is 2.69 bits per heavy atom. The van der Waals surface area contributed by atoms with Crippen molar-refractivity contribution in [2.45, 2.75) is 32.2 Å². The van der Waals surface area contributed by atoms with Gasteiger partial charge in [0.2, 0.25) is 5.91 Å². The van der Waals surface area contributed by atoms with E-state index < -0.39 is 12.0 Å². The Hall–Kier alpha value is -1.10. The topological polar surface area (TPSA) is 81.4 Å². The van der Waals surface area contributed by atoms with E-state index in [9.17, 15) is 9.59 Å². The van der Waals surface area contributed by atoms with E-state index in [4.69, 9.17) is 5.73 Å². The van der Waals surface area contributed by atoms with Gasteiger partial charge in [0.25, 0.3) is 0 Å². The quantitative estimate of drug-likeness (QED) is 0.666. The molecule has 0 aromatic heterocycles. The summed E-state index contributed by atoms with van der Waals surface area (Å²) in [5, 5.41) is 2.70. The van der Waals surface area contributed by atoms with Crippen LogP contribution in [0.2, 0.25) is 0 Å². The highest BCUT2D eigenvalue weighted by atomic mass is 16.5. The van der Waals surface area contributed by atoms with Crippen LogP contribution in [0.4, 0.5) is 0 Å². The molecule has 1 amide bonds. The number of hydrogen-bond donors (Lipinski definition) is 2. The van der Waals surface area contributed by atoms with Crippen LogP contribution in [0.1, 0.15) is 26.2 Å². The summed E-state index contributed by atoms with van der Waals surface area (Å²) in [5.74, 6) is 0.202. The third-order valence-electron chi connectivity index (χ3n) is 3.07. The van der Waals surface area contributed by atoms with Crippen LogP contribution in [0.15, 0.2) is 0 Å². The van der Waals surface area contributed by atoms with Gasteiger partial charge in [-0.05, 0) is 25.2 Å². The highest BCUT2D eigenvalue weighted by molar-refractivity contribution is 5.81. The molecular weight excluding hydrogens is 208 g/mol. The van der Waals surface area contributed by atoms with E-state index >= 15 is 0 Å². The fourth-order valence-electron chi connectivity index (χ4n) is 2.03. The molecule has 1 aliphatic rings. The molecule has 0 radical (unpaired) electrons. The van der Waals surface area contributed by atoms with Gasteiger partial charge in [-0.2, -0.15) is 0 Å². The lowest BCUT2D eigenvalue weighted by atomic mass is 10.1. The minimum absolute atomic E-state index is 0.00343. The largest absolute Gasteiger partial charge is 0.468 e. The highest BCUT2D eigenvalue weighted by Crippen LogP contribution is 2.30. The maximum atomic E-state index is 11.7. The van der Waals surface area contributed by atoms with Gasteiger partial charge in [0, 0.05) is 12.5 Å². The number of esters is 1. The lowest BCUT2D eigenvalue weighted by molar-refractivity contribution is -0.142. The highest BCUT2D eigenvalue weighted by Gasteiger charge is 2.27. The molecule has 0 bridgehead atoms. The van der Waals surface area contributed by atoms with E-state index in [1.807, 2.05) is 0 Å². The van der Waals surface area contributed by atoms with E-state index in [1.54, 1.807) is 0 Å². The number of amides is 1. The van der Waals surface area contributed by atoms with Gasteiger partial charge in [0.15, 0.2) is 0 Å². The molecule has 0 saturated heterocycles. The summed E-state index contributed by atoms with van der Waals surface area (Å²) in [7, 11) is 1.28. The summed E-state index contributed by atoms with van der Waals surface area (Å²) in [6, 6.07) is -0.771. The summed E-state index contributed by atoms with van der Waals surface area (Å²) in [6.07, 6.45) is 2.96. The summed E-state index contributed by atoms with van der Waals surface area (Å²) in [5.41, 5.74) is 5.51. The number of carbonyl (C=O) groups is 2. The number of rotatable bonds is 4. The summed E-state index contributed by atoms with van der Waals surface area (Å²) in [6.45, 7) is 2.30. The predicted octanol–water partition coefficient (Wildman–Crippen LogP) is 0.0391. The minimum Gasteiger partial charge on any atom is -0.468 e. The first-order valence-electron chi connectivity index (χ1n) is 5.65. The van der Waals surface area contributed by atoms with Crippen LogP contribution in [0.25, 0.3) is 0 Å². The van der Waals surface area contributed by atoms with Gasteiger partial charge in [-0.1, -0.05) is 6.92 Å². The van der Waals surface area contributed by atoms with E-state index in [0.717, 1.165) is 19.3 Å². The molecule has 92 valence electrons. The molecule has 0 aromatic carbocycles. The summed E-state index contributed by atoms with van der Waals surface area (Å²) >= 11 is 0. The van der Waals surface area contributed by atoms with Crippen LogP contribution in [-0.2, 0) is 14.3 Å². The zero-order chi connectivity index (χ0) is 12.1. The third kappa shape index (κ3) is 3.48. The molecule has 0 heterocycles. The Labute approximate surface area is 95.7 Å². The Morgan fingerprint density at radius 2 is 2.19 bits per heavy atom. The molecule has 5 heteroatoms. The second kappa shape index (κ2) is 5.84. The summed E-state index contributed by atoms with van der Waals surface area (Å²) < 4.78 is 4.47. The van der Waals surface area contributed by atoms with Crippen molar-refractivity contribution in [3.63, 3.8) is 0 Å². The number of ether oxygens (including phenoxy) is 1. The smallest absolute Gasteiger partial charge is 0.324 e. The van der Waals surface area contributed by atoms with Gasteiger partial charge in [-0.25, -0.2) is 0 Å². The second-order valence-electron chi connectivity index (χ2n) is 4.49. The van der Waals surface area contributed by atoms with Crippen LogP contribution < -0.4 is 11.1 Å². The Kier molecular flexibility index (Phi) is 4.73. The van der Waals surface area contributed by atoms with Crippen molar-refractivity contribution in [2.24, 2.45) is 17.6 Å². The first kappa shape index (κ1) is 13.0. The zero-order valence-electron chi connectivity index (χ0n) is 9.86. The van der Waals surface area contributed by atoms with Crippen molar-refractivity contribution in [1.82, 2.24) is 5.32 Å². The molecule has 1 fully saturated rings. The van der Waals surface area contributed by atoms with Crippen molar-refractivity contribution in [2.75, 3.05) is 13.7 Å². The van der Waals surface area contributed by atoms with Crippen molar-refractivity contribution >= 4 is 11.9 Å². The Balaban J connectivity index is 2.27. The van der Waals surface area contributed by atoms with Gasteiger partial charge >= 0.3 is 5.97 Å². The molecule has 0 spiro atoms. The van der Waals surface area contributed by atoms with Crippen LogP contribution in [0.5, 0.6) is 0 Å². The van der Waals surface area contributed by atoms with E-state index in [1.165, 1.54) is 7.11 Å². The molecule has 3 N–H and O–H groups in total. The molecule has 1 aliphatic carbocycles. The molecule has 0 aliphatic heterocycles. The number of nitrogens with one attached hydrogen (secondary N) is 1. The van der Waals surface area contributed by atoms with Crippen molar-refractivity contribution in [1.29, 1.82) is 0 Å². The lowest BCUT2D eigenvalue weighted by Gasteiger charge is -2.13. The van der Waals surface area contributed by atoms with Crippen LogP contribution in [-0.4, -0.2) is 31.6 Å². The van der Waals surface area contributed by atoms with Crippen LogP contribution in [0.3, 0.4) is 0 Å². The van der Waals surface area contributed by atoms with Crippen LogP contribution in [0, 0.1) is 11.8 Å². The average molecular weight is 228 g/mol. The number of hydrogen-bond acceptors (Lipinski definition) is 4. The van der Waals surface area contributed by atoms with E-state index in [2.05, 4.69) is 17.0 Å². The van der Waals surface area contributed by atoms with Crippen molar-refractivity contribution in [3.05, 3.63) is 0 Å². The predicted molar refractivity (Wildman–Crippen MR) is 59.5 cm³/mol. The minimum atomic E-state index is -0.771. The second-order valence-corrected chi connectivity index (χ2v) is 4.49. The van der Waals surface area contributed by atoms with Gasteiger partial charge in [-0.3, -0.25) is 9.59 Å². The van der Waals surface area contributed by atoms with Gasteiger partial charge in [0.05, 0.1) is 7.11 Å². The monoisotopic (exact) mass is 228 g/mol. The lowest BCUT2D eigenvalue weighted by Crippen LogP contribution is -2.44. The first-order chi connectivity index (χ1) is 7.54. The summed E-state index contributed by atoms with van der Waals surface area (Å²) in [4.78, 5) is 22.7. The van der Waals surface area contributed by atoms with Gasteiger partial charge < -0.3 is 15.8 Å². The maximum absolute atomic E-state index is 11.7. The average Bonchev–Trinajstić information content (AvgIpc) is 2.71. The Bertz CT molecular complexity index is 268. The first-order valence-corrected chi connectivity index (χ1v) is 5.65. The SMILES string of the molecule is COC(=O)C(N)CNC(=O)C1CCC(C)C1. The number of nitrogens with two attached hydrogens (primary N) is 1. The van der Waals surface area contributed by atoms with Crippen LogP contribution >= 0.6 is 0 Å². The fourth-order valence-corrected chi connectivity index (χ4v) is 2.03. The molecule has 1 saturated carbocycles. The molecule has 5 nitrogen and oxygen atoms in total. The molecule has 16 heavy (non-hydrogen) atoms. The van der Waals surface area contributed by atoms with E-state index in [0.29, 0.717) is 5.92 Å². The molecular formula is C11H20N2O3.